The fourth-order valence-electron chi connectivity index (χ4n) is 1.80. The van der Waals surface area contributed by atoms with Crippen molar-refractivity contribution < 1.29 is 9.90 Å². The molecule has 0 aliphatic heterocycles. The molecule has 0 saturated carbocycles. The van der Waals surface area contributed by atoms with E-state index in [1.807, 2.05) is 6.92 Å². The summed E-state index contributed by atoms with van der Waals surface area (Å²) < 4.78 is 0. The lowest BCUT2D eigenvalue weighted by Crippen LogP contribution is -2.47. The van der Waals surface area contributed by atoms with Gasteiger partial charge in [-0.1, -0.05) is 20.8 Å². The molecule has 4 heteroatoms. The number of carbonyl (C=O) groups is 1. The topological polar surface area (TPSA) is 66.6 Å². The van der Waals surface area contributed by atoms with Crippen LogP contribution in [0.15, 0.2) is 0 Å². The Labute approximate surface area is 98.8 Å². The molecule has 0 aromatic rings. The van der Waals surface area contributed by atoms with Gasteiger partial charge in [0.2, 0.25) is 0 Å². The van der Waals surface area contributed by atoms with Crippen LogP contribution in [0.3, 0.4) is 0 Å². The van der Waals surface area contributed by atoms with Gasteiger partial charge < -0.3 is 15.7 Å². The average Bonchev–Trinajstić information content (AvgIpc) is 2.27. The predicted octanol–water partition coefficient (Wildman–Crippen LogP) is 1.69. The van der Waals surface area contributed by atoms with E-state index in [1.165, 1.54) is 0 Å². The summed E-state index contributed by atoms with van der Waals surface area (Å²) in [6.07, 6.45) is 3.03. The van der Waals surface area contributed by atoms with Gasteiger partial charge in [0.05, 0.1) is 0 Å². The third-order valence-corrected chi connectivity index (χ3v) is 3.14. The van der Waals surface area contributed by atoms with Crippen LogP contribution in [0, 0.1) is 0 Å². The minimum atomic E-state index is -1.04. The van der Waals surface area contributed by atoms with E-state index in [1.54, 1.807) is 0 Å². The van der Waals surface area contributed by atoms with Gasteiger partial charge in [0.1, 0.15) is 5.54 Å². The summed E-state index contributed by atoms with van der Waals surface area (Å²) in [5, 5.41) is 9.02. The Hall–Kier alpha value is -0.610. The molecule has 0 aromatic carbocycles. The molecule has 0 heterocycles. The fourth-order valence-corrected chi connectivity index (χ4v) is 1.80. The van der Waals surface area contributed by atoms with Gasteiger partial charge in [-0.3, -0.25) is 4.79 Å². The second kappa shape index (κ2) is 7.63. The lowest BCUT2D eigenvalue weighted by atomic mass is 9.92. The molecule has 16 heavy (non-hydrogen) atoms. The zero-order valence-corrected chi connectivity index (χ0v) is 10.8. The van der Waals surface area contributed by atoms with Crippen molar-refractivity contribution in [3.05, 3.63) is 0 Å². The second-order valence-corrected chi connectivity index (χ2v) is 4.35. The van der Waals surface area contributed by atoms with Crippen LogP contribution in [0.5, 0.6) is 0 Å². The van der Waals surface area contributed by atoms with Crippen LogP contribution in [0.1, 0.15) is 46.5 Å². The molecule has 0 aliphatic rings. The fraction of sp³-hybridized carbons (Fsp3) is 0.917. The molecule has 0 fully saturated rings. The SMILES string of the molecule is CCCN(CC)CCCC(N)(CC)C(=O)O. The minimum Gasteiger partial charge on any atom is -0.480 e. The Kier molecular flexibility index (Phi) is 7.34. The van der Waals surface area contributed by atoms with Gasteiger partial charge in [-0.05, 0) is 45.3 Å². The first-order chi connectivity index (χ1) is 7.50. The summed E-state index contributed by atoms with van der Waals surface area (Å²) in [5.74, 6) is -0.881. The number of nitrogens with zero attached hydrogens (tertiary/aromatic N) is 1. The minimum absolute atomic E-state index is 0.488. The van der Waals surface area contributed by atoms with Crippen LogP contribution in [0.4, 0.5) is 0 Å². The standard InChI is InChI=1S/C12H26N2O2/c1-4-9-14(6-3)10-7-8-12(13,5-2)11(15)16/h4-10,13H2,1-3H3,(H,15,16). The molecule has 0 rings (SSSR count). The van der Waals surface area contributed by atoms with Crippen LogP contribution < -0.4 is 5.73 Å². The van der Waals surface area contributed by atoms with Gasteiger partial charge in [0.15, 0.2) is 0 Å². The molecule has 0 aromatic heterocycles. The van der Waals surface area contributed by atoms with Crippen LogP contribution in [-0.4, -0.2) is 41.1 Å². The van der Waals surface area contributed by atoms with E-state index in [0.29, 0.717) is 12.8 Å². The maximum atomic E-state index is 11.0. The van der Waals surface area contributed by atoms with E-state index in [2.05, 4.69) is 18.7 Å². The molecular weight excluding hydrogens is 204 g/mol. The number of hydrogen-bond donors (Lipinski definition) is 2. The average molecular weight is 230 g/mol. The molecule has 0 aliphatic carbocycles. The van der Waals surface area contributed by atoms with Crippen molar-refractivity contribution in [3.63, 3.8) is 0 Å². The van der Waals surface area contributed by atoms with Crippen molar-refractivity contribution in [2.45, 2.75) is 52.0 Å². The van der Waals surface area contributed by atoms with Gasteiger partial charge >= 0.3 is 5.97 Å². The molecule has 3 N–H and O–H groups in total. The Balaban J connectivity index is 3.98. The summed E-state index contributed by atoms with van der Waals surface area (Å²) >= 11 is 0. The molecule has 0 radical (unpaired) electrons. The summed E-state index contributed by atoms with van der Waals surface area (Å²) in [6.45, 7) is 9.15. The summed E-state index contributed by atoms with van der Waals surface area (Å²) in [4.78, 5) is 13.3. The Morgan fingerprint density at radius 3 is 2.31 bits per heavy atom. The third-order valence-electron chi connectivity index (χ3n) is 3.14. The molecule has 1 atom stereocenters. The highest BCUT2D eigenvalue weighted by atomic mass is 16.4. The van der Waals surface area contributed by atoms with Crippen molar-refractivity contribution in [3.8, 4) is 0 Å². The molecule has 0 bridgehead atoms. The second-order valence-electron chi connectivity index (χ2n) is 4.35. The van der Waals surface area contributed by atoms with Crippen LogP contribution in [-0.2, 0) is 4.79 Å². The normalized spacial score (nSPS) is 15.1. The van der Waals surface area contributed by atoms with E-state index >= 15 is 0 Å². The first kappa shape index (κ1) is 15.4. The largest absolute Gasteiger partial charge is 0.480 e. The van der Waals surface area contributed by atoms with E-state index in [4.69, 9.17) is 10.8 Å². The van der Waals surface area contributed by atoms with Crippen molar-refractivity contribution in [2.75, 3.05) is 19.6 Å². The number of aliphatic carboxylic acids is 1. The van der Waals surface area contributed by atoms with Crippen molar-refractivity contribution in [1.82, 2.24) is 4.90 Å². The maximum absolute atomic E-state index is 11.0. The highest BCUT2D eigenvalue weighted by Crippen LogP contribution is 2.14. The quantitative estimate of drug-likeness (QED) is 0.632. The van der Waals surface area contributed by atoms with E-state index in [9.17, 15) is 4.79 Å². The van der Waals surface area contributed by atoms with Crippen molar-refractivity contribution in [1.29, 1.82) is 0 Å². The first-order valence-corrected chi connectivity index (χ1v) is 6.24. The molecule has 0 spiro atoms. The summed E-state index contributed by atoms with van der Waals surface area (Å²) in [6, 6.07) is 0. The zero-order chi connectivity index (χ0) is 12.6. The predicted molar refractivity (Wildman–Crippen MR) is 66.5 cm³/mol. The van der Waals surface area contributed by atoms with E-state index in [-0.39, 0.29) is 0 Å². The smallest absolute Gasteiger partial charge is 0.323 e. The highest BCUT2D eigenvalue weighted by molar-refractivity contribution is 5.78. The number of carboxylic acids is 1. The summed E-state index contributed by atoms with van der Waals surface area (Å²) in [5.41, 5.74) is 4.79. The Bertz CT molecular complexity index is 209. The van der Waals surface area contributed by atoms with E-state index < -0.39 is 11.5 Å². The van der Waals surface area contributed by atoms with E-state index in [0.717, 1.165) is 32.5 Å². The Morgan fingerprint density at radius 1 is 1.31 bits per heavy atom. The van der Waals surface area contributed by atoms with Gasteiger partial charge in [-0.15, -0.1) is 0 Å². The first-order valence-electron chi connectivity index (χ1n) is 6.24. The van der Waals surface area contributed by atoms with Crippen molar-refractivity contribution >= 4 is 5.97 Å². The molecule has 4 nitrogen and oxygen atoms in total. The van der Waals surface area contributed by atoms with Gasteiger partial charge in [0, 0.05) is 0 Å². The molecule has 0 saturated heterocycles. The molecule has 1 unspecified atom stereocenters. The lowest BCUT2D eigenvalue weighted by Gasteiger charge is -2.25. The zero-order valence-electron chi connectivity index (χ0n) is 10.8. The maximum Gasteiger partial charge on any atom is 0.323 e. The van der Waals surface area contributed by atoms with Gasteiger partial charge in [0.25, 0.3) is 0 Å². The Morgan fingerprint density at radius 2 is 1.94 bits per heavy atom. The highest BCUT2D eigenvalue weighted by Gasteiger charge is 2.31. The molecular formula is C12H26N2O2. The summed E-state index contributed by atoms with van der Waals surface area (Å²) in [7, 11) is 0. The van der Waals surface area contributed by atoms with Gasteiger partial charge in [-0.25, -0.2) is 0 Å². The van der Waals surface area contributed by atoms with Crippen molar-refractivity contribution in [2.24, 2.45) is 5.73 Å². The molecule has 96 valence electrons. The van der Waals surface area contributed by atoms with Crippen LogP contribution in [0.2, 0.25) is 0 Å². The molecule has 0 amide bonds. The third kappa shape index (κ3) is 4.94. The number of rotatable bonds is 9. The number of nitrogens with two attached hydrogens (primary N) is 1. The lowest BCUT2D eigenvalue weighted by molar-refractivity contribution is -0.143. The van der Waals surface area contributed by atoms with Crippen LogP contribution in [0.25, 0.3) is 0 Å². The van der Waals surface area contributed by atoms with Crippen LogP contribution >= 0.6 is 0 Å². The monoisotopic (exact) mass is 230 g/mol. The number of carboxylic acid groups (broad SMARTS) is 1. The number of hydrogen-bond acceptors (Lipinski definition) is 3. The van der Waals surface area contributed by atoms with Gasteiger partial charge in [-0.2, -0.15) is 0 Å².